The van der Waals surface area contributed by atoms with Gasteiger partial charge in [0.2, 0.25) is 0 Å². The lowest BCUT2D eigenvalue weighted by molar-refractivity contribution is -0.137. The van der Waals surface area contributed by atoms with Crippen molar-refractivity contribution < 1.29 is 28.6 Å². The number of hydrogen-bond donors (Lipinski definition) is 2. The molecular formula is C10H8F2O4. The molecule has 4 nitrogen and oxygen atoms in total. The van der Waals surface area contributed by atoms with Crippen LogP contribution in [0.3, 0.4) is 0 Å². The van der Waals surface area contributed by atoms with Gasteiger partial charge in [-0.2, -0.15) is 0 Å². The third-order valence-corrected chi connectivity index (χ3v) is 1.94. The van der Waals surface area contributed by atoms with Crippen LogP contribution in [0.15, 0.2) is 12.1 Å². The second kappa shape index (κ2) is 4.69. The number of halogens is 2. The minimum absolute atomic E-state index is 0.231. The third-order valence-electron chi connectivity index (χ3n) is 1.94. The second-order valence-corrected chi connectivity index (χ2v) is 3.14. The summed E-state index contributed by atoms with van der Waals surface area (Å²) in [5.74, 6) is -4.75. The van der Waals surface area contributed by atoms with Gasteiger partial charge in [0.15, 0.2) is 0 Å². The SMILES string of the molecule is O=C(O)Cc1ccc(F)c(CC(=O)O)c1F. The number of carbonyl (C=O) groups is 2. The summed E-state index contributed by atoms with van der Waals surface area (Å²) in [6.45, 7) is 0. The van der Waals surface area contributed by atoms with Gasteiger partial charge in [-0.15, -0.1) is 0 Å². The molecule has 0 saturated carbocycles. The molecule has 16 heavy (non-hydrogen) atoms. The van der Waals surface area contributed by atoms with E-state index >= 15 is 0 Å². The Morgan fingerprint density at radius 3 is 2.12 bits per heavy atom. The zero-order valence-electron chi connectivity index (χ0n) is 8.04. The number of carboxylic acid groups (broad SMARTS) is 2. The van der Waals surface area contributed by atoms with Gasteiger partial charge in [-0.3, -0.25) is 9.59 Å². The first kappa shape index (κ1) is 12.1. The maximum Gasteiger partial charge on any atom is 0.308 e. The van der Waals surface area contributed by atoms with Crippen molar-refractivity contribution in [2.75, 3.05) is 0 Å². The predicted octanol–water partition coefficient (Wildman–Crippen LogP) is 1.22. The maximum absolute atomic E-state index is 13.5. The number of carboxylic acids is 2. The highest BCUT2D eigenvalue weighted by Gasteiger charge is 2.17. The van der Waals surface area contributed by atoms with Crippen molar-refractivity contribution in [1.82, 2.24) is 0 Å². The van der Waals surface area contributed by atoms with E-state index in [1.165, 1.54) is 0 Å². The minimum atomic E-state index is -1.38. The molecule has 0 fully saturated rings. The highest BCUT2D eigenvalue weighted by Crippen LogP contribution is 2.18. The molecule has 0 amide bonds. The molecule has 1 aromatic carbocycles. The molecule has 0 saturated heterocycles. The summed E-state index contributed by atoms with van der Waals surface area (Å²) in [5, 5.41) is 16.9. The van der Waals surface area contributed by atoms with Crippen LogP contribution >= 0.6 is 0 Å². The molecule has 0 aromatic heterocycles. The summed E-state index contributed by atoms with van der Waals surface area (Å²) < 4.78 is 26.6. The molecule has 0 aliphatic heterocycles. The smallest absolute Gasteiger partial charge is 0.308 e. The van der Waals surface area contributed by atoms with Gasteiger partial charge in [0.1, 0.15) is 11.6 Å². The van der Waals surface area contributed by atoms with Gasteiger partial charge in [-0.05, 0) is 11.6 Å². The van der Waals surface area contributed by atoms with Crippen LogP contribution in [-0.2, 0) is 22.4 Å². The average molecular weight is 230 g/mol. The van der Waals surface area contributed by atoms with Crippen molar-refractivity contribution in [3.63, 3.8) is 0 Å². The maximum atomic E-state index is 13.5. The molecular weight excluding hydrogens is 222 g/mol. The summed E-state index contributed by atoms with van der Waals surface area (Å²) in [5.41, 5.74) is -0.851. The topological polar surface area (TPSA) is 74.6 Å². The van der Waals surface area contributed by atoms with Crippen LogP contribution in [0.5, 0.6) is 0 Å². The Morgan fingerprint density at radius 1 is 1.06 bits per heavy atom. The normalized spacial score (nSPS) is 10.1. The summed E-state index contributed by atoms with van der Waals surface area (Å²) in [7, 11) is 0. The Balaban J connectivity index is 3.15. The lowest BCUT2D eigenvalue weighted by atomic mass is 10.0. The fourth-order valence-corrected chi connectivity index (χ4v) is 1.26. The lowest BCUT2D eigenvalue weighted by Gasteiger charge is -2.06. The fourth-order valence-electron chi connectivity index (χ4n) is 1.26. The van der Waals surface area contributed by atoms with Crippen molar-refractivity contribution in [1.29, 1.82) is 0 Å². The van der Waals surface area contributed by atoms with E-state index in [1.807, 2.05) is 0 Å². The van der Waals surface area contributed by atoms with Gasteiger partial charge >= 0.3 is 11.9 Å². The molecule has 86 valence electrons. The zero-order valence-corrected chi connectivity index (χ0v) is 8.04. The van der Waals surface area contributed by atoms with Gasteiger partial charge in [-0.25, -0.2) is 8.78 Å². The lowest BCUT2D eigenvalue weighted by Crippen LogP contribution is -2.10. The first-order chi connectivity index (χ1) is 7.41. The standard InChI is InChI=1S/C10H8F2O4/c11-7-2-1-5(3-8(13)14)10(12)6(7)4-9(15)16/h1-2H,3-4H2,(H,13,14)(H,15,16). The van der Waals surface area contributed by atoms with E-state index in [0.717, 1.165) is 12.1 Å². The Morgan fingerprint density at radius 2 is 1.62 bits per heavy atom. The van der Waals surface area contributed by atoms with Crippen LogP contribution in [-0.4, -0.2) is 22.2 Å². The molecule has 6 heteroatoms. The largest absolute Gasteiger partial charge is 0.481 e. The molecule has 0 aliphatic carbocycles. The van der Waals surface area contributed by atoms with E-state index in [4.69, 9.17) is 10.2 Å². The van der Waals surface area contributed by atoms with Crippen LogP contribution in [0.25, 0.3) is 0 Å². The van der Waals surface area contributed by atoms with Crippen LogP contribution in [0.1, 0.15) is 11.1 Å². The average Bonchev–Trinajstić information content (AvgIpc) is 2.16. The Bertz CT molecular complexity index is 443. The van der Waals surface area contributed by atoms with Crippen molar-refractivity contribution >= 4 is 11.9 Å². The Kier molecular flexibility index (Phi) is 3.55. The van der Waals surface area contributed by atoms with Gasteiger partial charge in [0.25, 0.3) is 0 Å². The van der Waals surface area contributed by atoms with E-state index < -0.39 is 42.0 Å². The van der Waals surface area contributed by atoms with E-state index in [-0.39, 0.29) is 5.56 Å². The highest BCUT2D eigenvalue weighted by molar-refractivity contribution is 5.72. The predicted molar refractivity (Wildman–Crippen MR) is 49.0 cm³/mol. The van der Waals surface area contributed by atoms with Crippen molar-refractivity contribution in [2.24, 2.45) is 0 Å². The van der Waals surface area contributed by atoms with Gasteiger partial charge < -0.3 is 10.2 Å². The van der Waals surface area contributed by atoms with E-state index in [2.05, 4.69) is 0 Å². The molecule has 0 spiro atoms. The molecule has 1 aromatic rings. The van der Waals surface area contributed by atoms with Gasteiger partial charge in [0.05, 0.1) is 12.8 Å². The van der Waals surface area contributed by atoms with Crippen LogP contribution in [0.2, 0.25) is 0 Å². The molecule has 0 aliphatic rings. The van der Waals surface area contributed by atoms with Crippen LogP contribution in [0.4, 0.5) is 8.78 Å². The second-order valence-electron chi connectivity index (χ2n) is 3.14. The van der Waals surface area contributed by atoms with Gasteiger partial charge in [-0.1, -0.05) is 6.07 Å². The monoisotopic (exact) mass is 230 g/mol. The highest BCUT2D eigenvalue weighted by atomic mass is 19.1. The fraction of sp³-hybridized carbons (Fsp3) is 0.200. The van der Waals surface area contributed by atoms with E-state index in [9.17, 15) is 18.4 Å². The van der Waals surface area contributed by atoms with Crippen LogP contribution < -0.4 is 0 Å². The molecule has 1 rings (SSSR count). The van der Waals surface area contributed by atoms with Crippen LogP contribution in [0, 0.1) is 11.6 Å². The van der Waals surface area contributed by atoms with Crippen molar-refractivity contribution in [3.05, 3.63) is 34.9 Å². The Hall–Kier alpha value is -1.98. The number of hydrogen-bond acceptors (Lipinski definition) is 2. The van der Waals surface area contributed by atoms with E-state index in [1.54, 1.807) is 0 Å². The number of aliphatic carboxylic acids is 2. The van der Waals surface area contributed by atoms with E-state index in [0.29, 0.717) is 0 Å². The molecule has 0 atom stereocenters. The first-order valence-corrected chi connectivity index (χ1v) is 4.31. The quantitative estimate of drug-likeness (QED) is 0.815. The summed E-state index contributed by atoms with van der Waals surface area (Å²) in [6, 6.07) is 1.85. The third kappa shape index (κ3) is 2.75. The van der Waals surface area contributed by atoms with Crippen molar-refractivity contribution in [2.45, 2.75) is 12.8 Å². The Labute approximate surface area is 89.1 Å². The summed E-state index contributed by atoms with van der Waals surface area (Å²) in [4.78, 5) is 20.7. The molecule has 0 radical (unpaired) electrons. The minimum Gasteiger partial charge on any atom is -0.481 e. The first-order valence-electron chi connectivity index (χ1n) is 4.31. The van der Waals surface area contributed by atoms with Gasteiger partial charge in [0, 0.05) is 5.56 Å². The molecule has 0 unspecified atom stereocenters. The zero-order chi connectivity index (χ0) is 12.3. The number of benzene rings is 1. The van der Waals surface area contributed by atoms with Crippen molar-refractivity contribution in [3.8, 4) is 0 Å². The molecule has 0 heterocycles. The molecule has 0 bridgehead atoms. The summed E-state index contributed by atoms with van der Waals surface area (Å²) >= 11 is 0. The molecule has 2 N–H and O–H groups in total. The number of rotatable bonds is 4. The summed E-state index contributed by atoms with van der Waals surface area (Å²) in [6.07, 6.45) is -1.43.